The van der Waals surface area contributed by atoms with Crippen molar-refractivity contribution in [2.24, 2.45) is 4.99 Å². The molecule has 0 aromatic heterocycles. The standard InChI is InChI=1S/C17H26N4O2/c1-2-14(22)13-21-8-7-18-17(21)19-15-5-3-4-6-16(15)20-9-11-23-12-10-20/h3-6,14,22H,2,7-13H2,1H3,(H,18,19). The van der Waals surface area contributed by atoms with Gasteiger partial charge in [-0.1, -0.05) is 19.1 Å². The summed E-state index contributed by atoms with van der Waals surface area (Å²) in [6.45, 7) is 7.61. The molecule has 2 aliphatic rings. The van der Waals surface area contributed by atoms with E-state index < -0.39 is 0 Å². The summed E-state index contributed by atoms with van der Waals surface area (Å²) in [5, 5.41) is 13.4. The molecule has 2 N–H and O–H groups in total. The molecule has 1 fully saturated rings. The van der Waals surface area contributed by atoms with Gasteiger partial charge in [0.1, 0.15) is 0 Å². The number of rotatable bonds is 5. The molecular weight excluding hydrogens is 292 g/mol. The quantitative estimate of drug-likeness (QED) is 0.859. The smallest absolute Gasteiger partial charge is 0.198 e. The highest BCUT2D eigenvalue weighted by Crippen LogP contribution is 2.27. The minimum atomic E-state index is -0.311. The first-order chi connectivity index (χ1) is 11.3. The first kappa shape index (κ1) is 16.1. The normalized spacial score (nSPS) is 19.7. The minimum absolute atomic E-state index is 0.311. The highest BCUT2D eigenvalue weighted by molar-refractivity contribution is 5.97. The minimum Gasteiger partial charge on any atom is -0.391 e. The average Bonchev–Trinajstić information content (AvgIpc) is 3.03. The van der Waals surface area contributed by atoms with E-state index in [2.05, 4.69) is 38.3 Å². The SMILES string of the molecule is CCC(O)CN1CCN=C1Nc1ccccc1N1CCOCC1. The van der Waals surface area contributed by atoms with Crippen LogP contribution in [0.15, 0.2) is 29.3 Å². The van der Waals surface area contributed by atoms with Crippen LogP contribution in [0.25, 0.3) is 0 Å². The van der Waals surface area contributed by atoms with E-state index >= 15 is 0 Å². The van der Waals surface area contributed by atoms with Crippen LogP contribution in [0.5, 0.6) is 0 Å². The van der Waals surface area contributed by atoms with Crippen LogP contribution in [0.4, 0.5) is 11.4 Å². The van der Waals surface area contributed by atoms with Gasteiger partial charge in [0, 0.05) is 26.2 Å². The number of β-amino-alcohol motifs (C(OH)–C–C–N with tert-alkyl or cyclic N) is 1. The Hall–Kier alpha value is -1.79. The van der Waals surface area contributed by atoms with Gasteiger partial charge in [-0.05, 0) is 18.6 Å². The van der Waals surface area contributed by atoms with E-state index in [0.717, 1.165) is 57.5 Å². The van der Waals surface area contributed by atoms with Crippen molar-refractivity contribution in [3.8, 4) is 0 Å². The molecule has 0 amide bonds. The number of benzene rings is 1. The topological polar surface area (TPSA) is 60.3 Å². The van der Waals surface area contributed by atoms with Gasteiger partial charge in [0.15, 0.2) is 5.96 Å². The van der Waals surface area contributed by atoms with Gasteiger partial charge in [0.25, 0.3) is 0 Å². The van der Waals surface area contributed by atoms with Crippen LogP contribution in [0.1, 0.15) is 13.3 Å². The number of para-hydroxylation sites is 2. The van der Waals surface area contributed by atoms with Gasteiger partial charge in [-0.25, -0.2) is 0 Å². The highest BCUT2D eigenvalue weighted by Gasteiger charge is 2.21. The number of aliphatic hydroxyl groups excluding tert-OH is 1. The summed E-state index contributed by atoms with van der Waals surface area (Å²) in [6.07, 6.45) is 0.448. The molecule has 3 rings (SSSR count). The van der Waals surface area contributed by atoms with Gasteiger partial charge in [0.05, 0.1) is 37.2 Å². The van der Waals surface area contributed by atoms with Gasteiger partial charge in [-0.15, -0.1) is 0 Å². The second-order valence-corrected chi connectivity index (χ2v) is 5.95. The summed E-state index contributed by atoms with van der Waals surface area (Å²) in [4.78, 5) is 9.03. The maximum Gasteiger partial charge on any atom is 0.198 e. The first-order valence-electron chi connectivity index (χ1n) is 8.44. The molecule has 6 heteroatoms. The molecular formula is C17H26N4O2. The lowest BCUT2D eigenvalue weighted by molar-refractivity contribution is 0.123. The number of nitrogens with zero attached hydrogens (tertiary/aromatic N) is 3. The van der Waals surface area contributed by atoms with Crippen molar-refractivity contribution < 1.29 is 9.84 Å². The number of anilines is 2. The third kappa shape index (κ3) is 3.95. The van der Waals surface area contributed by atoms with Crippen LogP contribution < -0.4 is 10.2 Å². The predicted molar refractivity (Wildman–Crippen MR) is 93.3 cm³/mol. The van der Waals surface area contributed by atoms with Crippen molar-refractivity contribution in [1.82, 2.24) is 4.90 Å². The molecule has 1 atom stereocenters. The average molecular weight is 318 g/mol. The largest absolute Gasteiger partial charge is 0.391 e. The highest BCUT2D eigenvalue weighted by atomic mass is 16.5. The fourth-order valence-corrected chi connectivity index (χ4v) is 2.94. The molecule has 0 aliphatic carbocycles. The summed E-state index contributed by atoms with van der Waals surface area (Å²) in [6, 6.07) is 8.31. The Kier molecular flexibility index (Phi) is 5.35. The lowest BCUT2D eigenvalue weighted by atomic mass is 10.2. The maximum absolute atomic E-state index is 9.91. The first-order valence-corrected chi connectivity index (χ1v) is 8.44. The van der Waals surface area contributed by atoms with Crippen LogP contribution in [0.2, 0.25) is 0 Å². The maximum atomic E-state index is 9.91. The summed E-state index contributed by atoms with van der Waals surface area (Å²) in [5.41, 5.74) is 2.24. The molecule has 126 valence electrons. The molecule has 0 saturated carbocycles. The molecule has 23 heavy (non-hydrogen) atoms. The van der Waals surface area contributed by atoms with Crippen molar-refractivity contribution in [2.45, 2.75) is 19.4 Å². The van der Waals surface area contributed by atoms with Gasteiger partial charge in [-0.2, -0.15) is 0 Å². The van der Waals surface area contributed by atoms with Crippen LogP contribution in [0, 0.1) is 0 Å². The molecule has 1 unspecified atom stereocenters. The zero-order valence-corrected chi connectivity index (χ0v) is 13.7. The monoisotopic (exact) mass is 318 g/mol. The van der Waals surface area contributed by atoms with Crippen LogP contribution in [-0.4, -0.2) is 68.0 Å². The molecule has 0 radical (unpaired) electrons. The van der Waals surface area contributed by atoms with Crippen molar-refractivity contribution in [3.05, 3.63) is 24.3 Å². The number of ether oxygens (including phenoxy) is 1. The Morgan fingerprint density at radius 1 is 1.26 bits per heavy atom. The molecule has 1 aromatic rings. The van der Waals surface area contributed by atoms with E-state index in [0.29, 0.717) is 6.54 Å². The second-order valence-electron chi connectivity index (χ2n) is 5.95. The lowest BCUT2D eigenvalue weighted by Crippen LogP contribution is -2.40. The number of morpholine rings is 1. The Labute approximate surface area is 137 Å². The zero-order chi connectivity index (χ0) is 16.1. The molecule has 2 heterocycles. The number of nitrogens with one attached hydrogen (secondary N) is 1. The van der Waals surface area contributed by atoms with Gasteiger partial charge < -0.3 is 25.0 Å². The summed E-state index contributed by atoms with van der Waals surface area (Å²) in [7, 11) is 0. The number of hydrogen-bond donors (Lipinski definition) is 2. The number of aliphatic hydroxyl groups is 1. The summed E-state index contributed by atoms with van der Waals surface area (Å²) < 4.78 is 5.45. The van der Waals surface area contributed by atoms with E-state index in [9.17, 15) is 5.11 Å². The summed E-state index contributed by atoms with van der Waals surface area (Å²) >= 11 is 0. The predicted octanol–water partition coefficient (Wildman–Crippen LogP) is 1.38. The van der Waals surface area contributed by atoms with Crippen molar-refractivity contribution in [1.29, 1.82) is 0 Å². The van der Waals surface area contributed by atoms with Crippen LogP contribution in [-0.2, 0) is 4.74 Å². The third-order valence-corrected chi connectivity index (χ3v) is 4.34. The van der Waals surface area contributed by atoms with Crippen LogP contribution in [0.3, 0.4) is 0 Å². The molecule has 2 aliphatic heterocycles. The lowest BCUT2D eigenvalue weighted by Gasteiger charge is -2.31. The van der Waals surface area contributed by atoms with E-state index in [4.69, 9.17) is 4.74 Å². The van der Waals surface area contributed by atoms with Gasteiger partial charge in [-0.3, -0.25) is 4.99 Å². The molecule has 1 saturated heterocycles. The fourth-order valence-electron chi connectivity index (χ4n) is 2.94. The molecule has 6 nitrogen and oxygen atoms in total. The Morgan fingerprint density at radius 3 is 2.83 bits per heavy atom. The van der Waals surface area contributed by atoms with E-state index in [-0.39, 0.29) is 6.10 Å². The molecule has 0 bridgehead atoms. The number of hydrogen-bond acceptors (Lipinski definition) is 6. The Balaban J connectivity index is 1.72. The van der Waals surface area contributed by atoms with E-state index in [1.54, 1.807) is 0 Å². The third-order valence-electron chi connectivity index (χ3n) is 4.34. The second kappa shape index (κ2) is 7.66. The summed E-state index contributed by atoms with van der Waals surface area (Å²) in [5.74, 6) is 0.859. The Morgan fingerprint density at radius 2 is 2.04 bits per heavy atom. The Bertz CT molecular complexity index is 543. The van der Waals surface area contributed by atoms with E-state index in [1.807, 2.05) is 13.0 Å². The van der Waals surface area contributed by atoms with E-state index in [1.165, 1.54) is 5.69 Å². The van der Waals surface area contributed by atoms with Crippen molar-refractivity contribution in [3.63, 3.8) is 0 Å². The van der Waals surface area contributed by atoms with Gasteiger partial charge in [0.2, 0.25) is 0 Å². The molecule has 0 spiro atoms. The number of aliphatic imine (C=N–C) groups is 1. The molecule has 1 aromatic carbocycles. The fraction of sp³-hybridized carbons (Fsp3) is 0.588. The van der Waals surface area contributed by atoms with Gasteiger partial charge >= 0.3 is 0 Å². The van der Waals surface area contributed by atoms with Crippen molar-refractivity contribution >= 4 is 17.3 Å². The van der Waals surface area contributed by atoms with Crippen LogP contribution >= 0.6 is 0 Å². The van der Waals surface area contributed by atoms with Crippen molar-refractivity contribution in [2.75, 3.05) is 56.2 Å². The zero-order valence-electron chi connectivity index (χ0n) is 13.7. The number of guanidine groups is 1.